The third-order valence-corrected chi connectivity index (χ3v) is 8.45. The van der Waals surface area contributed by atoms with E-state index in [-0.39, 0.29) is 23.8 Å². The standard InChI is InChI=1S/C18H22N2O3.C13H16N2OS/c1-12(2)16(18(23)19-9-5-7-14(19)11-21)20-10-13-6-3-4-8-15(13)17(20)22;1-9-13(17-8-15-9)10-4-5-11(7-14-2)12(6-10)16-3/h3-4,6,8,11-12,14,16H,5,7,9-10H2,1-2H3;4-6,8,14H,7H2,1-3H3. The molecule has 2 amide bonds. The summed E-state index contributed by atoms with van der Waals surface area (Å²) >= 11 is 1.66. The highest BCUT2D eigenvalue weighted by atomic mass is 32.1. The molecule has 1 fully saturated rings. The molecule has 0 aliphatic carbocycles. The first-order chi connectivity index (χ1) is 19.3. The molecule has 0 radical (unpaired) electrons. The number of methoxy groups -OCH3 is 1. The second-order valence-electron chi connectivity index (χ2n) is 10.5. The van der Waals surface area contributed by atoms with Crippen molar-refractivity contribution in [2.45, 2.75) is 58.8 Å². The lowest BCUT2D eigenvalue weighted by atomic mass is 10.0. The zero-order valence-corrected chi connectivity index (χ0v) is 24.7. The van der Waals surface area contributed by atoms with Gasteiger partial charge in [-0.15, -0.1) is 11.3 Å². The molecule has 1 saturated heterocycles. The first kappa shape index (κ1) is 29.4. The Hall–Kier alpha value is -3.56. The molecule has 40 heavy (non-hydrogen) atoms. The predicted octanol–water partition coefficient (Wildman–Crippen LogP) is 4.70. The molecule has 0 saturated carbocycles. The van der Waals surface area contributed by atoms with Crippen molar-refractivity contribution in [1.82, 2.24) is 20.1 Å². The van der Waals surface area contributed by atoms with Crippen LogP contribution in [-0.2, 0) is 22.7 Å². The van der Waals surface area contributed by atoms with E-state index in [1.807, 2.05) is 57.6 Å². The molecule has 1 aromatic heterocycles. The molecule has 2 aromatic carbocycles. The van der Waals surface area contributed by atoms with Crippen molar-refractivity contribution < 1.29 is 19.1 Å². The summed E-state index contributed by atoms with van der Waals surface area (Å²) in [7, 11) is 3.64. The summed E-state index contributed by atoms with van der Waals surface area (Å²) in [5.41, 5.74) is 6.92. The van der Waals surface area contributed by atoms with E-state index in [4.69, 9.17) is 4.74 Å². The monoisotopic (exact) mass is 562 g/mol. The number of hydrogen-bond acceptors (Lipinski definition) is 7. The van der Waals surface area contributed by atoms with Gasteiger partial charge >= 0.3 is 0 Å². The first-order valence-electron chi connectivity index (χ1n) is 13.7. The molecule has 212 valence electrons. The average Bonchev–Trinajstić information content (AvgIpc) is 3.69. The van der Waals surface area contributed by atoms with Gasteiger partial charge in [0.15, 0.2) is 0 Å². The second kappa shape index (κ2) is 13.2. The predicted molar refractivity (Wildman–Crippen MR) is 157 cm³/mol. The first-order valence-corrected chi connectivity index (χ1v) is 14.5. The molecule has 2 aliphatic heterocycles. The highest BCUT2D eigenvalue weighted by molar-refractivity contribution is 7.13. The van der Waals surface area contributed by atoms with Crippen molar-refractivity contribution in [3.05, 3.63) is 70.4 Å². The van der Waals surface area contributed by atoms with Crippen LogP contribution in [0.3, 0.4) is 0 Å². The van der Waals surface area contributed by atoms with Crippen molar-refractivity contribution >= 4 is 29.4 Å². The van der Waals surface area contributed by atoms with E-state index >= 15 is 0 Å². The molecule has 2 aliphatic rings. The number of carbonyl (C=O) groups is 3. The smallest absolute Gasteiger partial charge is 0.255 e. The quantitative estimate of drug-likeness (QED) is 0.400. The van der Waals surface area contributed by atoms with Crippen LogP contribution >= 0.6 is 11.3 Å². The Labute approximate surface area is 240 Å². The van der Waals surface area contributed by atoms with Crippen LogP contribution in [0.1, 0.15) is 53.9 Å². The van der Waals surface area contributed by atoms with Crippen LogP contribution in [0, 0.1) is 12.8 Å². The number of hydrogen-bond donors (Lipinski definition) is 1. The minimum Gasteiger partial charge on any atom is -0.496 e. The fourth-order valence-electron chi connectivity index (χ4n) is 5.46. The van der Waals surface area contributed by atoms with E-state index in [2.05, 4.69) is 28.5 Å². The van der Waals surface area contributed by atoms with Gasteiger partial charge in [0.05, 0.1) is 29.2 Å². The average molecular weight is 563 g/mol. The van der Waals surface area contributed by atoms with Gasteiger partial charge in [0, 0.05) is 30.8 Å². The molecule has 8 nitrogen and oxygen atoms in total. The molecular formula is C31H38N4O4S. The molecule has 2 atom stereocenters. The van der Waals surface area contributed by atoms with Crippen molar-refractivity contribution in [3.8, 4) is 16.2 Å². The number of nitrogens with one attached hydrogen (secondary N) is 1. The molecule has 0 spiro atoms. The number of rotatable bonds is 8. The number of carbonyl (C=O) groups excluding carboxylic acids is 3. The molecule has 1 N–H and O–H groups in total. The highest BCUT2D eigenvalue weighted by Crippen LogP contribution is 2.32. The van der Waals surface area contributed by atoms with Crippen LogP contribution in [-0.4, -0.2) is 65.7 Å². The summed E-state index contributed by atoms with van der Waals surface area (Å²) in [4.78, 5) is 45.7. The number of likely N-dealkylation sites (tertiary alicyclic amines) is 1. The maximum atomic E-state index is 13.0. The van der Waals surface area contributed by atoms with Crippen LogP contribution in [0.5, 0.6) is 5.75 Å². The third-order valence-electron chi connectivity index (χ3n) is 7.47. The van der Waals surface area contributed by atoms with Crippen LogP contribution in [0.15, 0.2) is 48.0 Å². The Balaban J connectivity index is 0.000000194. The number of ether oxygens (including phenoxy) is 1. The fourth-order valence-corrected chi connectivity index (χ4v) is 6.26. The summed E-state index contributed by atoms with van der Waals surface area (Å²) in [6.45, 7) is 7.80. The summed E-state index contributed by atoms with van der Waals surface area (Å²) < 4.78 is 5.42. The van der Waals surface area contributed by atoms with Crippen LogP contribution in [0.4, 0.5) is 0 Å². The van der Waals surface area contributed by atoms with Gasteiger partial charge in [-0.1, -0.05) is 44.2 Å². The van der Waals surface area contributed by atoms with Gasteiger partial charge in [0.2, 0.25) is 5.91 Å². The summed E-state index contributed by atoms with van der Waals surface area (Å²) in [6.07, 6.45) is 2.41. The van der Waals surface area contributed by atoms with E-state index in [0.717, 1.165) is 36.3 Å². The Morgan fingerprint density at radius 1 is 1.25 bits per heavy atom. The Morgan fingerprint density at radius 3 is 2.65 bits per heavy atom. The lowest BCUT2D eigenvalue weighted by molar-refractivity contribution is -0.140. The number of amides is 2. The van der Waals surface area contributed by atoms with E-state index in [9.17, 15) is 14.4 Å². The molecule has 5 rings (SSSR count). The number of nitrogens with zero attached hydrogens (tertiary/aromatic N) is 3. The van der Waals surface area contributed by atoms with Crippen molar-refractivity contribution in [1.29, 1.82) is 0 Å². The van der Waals surface area contributed by atoms with Crippen molar-refractivity contribution in [3.63, 3.8) is 0 Å². The van der Waals surface area contributed by atoms with Gasteiger partial charge in [0.25, 0.3) is 5.91 Å². The Morgan fingerprint density at radius 2 is 2.02 bits per heavy atom. The number of aryl methyl sites for hydroxylation is 1. The van der Waals surface area contributed by atoms with Gasteiger partial charge in [-0.25, -0.2) is 4.98 Å². The SMILES string of the molecule is CC(C)C(C(=O)N1CCCC1C=O)N1Cc2ccccc2C1=O.CNCc1ccc(-c2scnc2C)cc1OC. The van der Waals surface area contributed by atoms with Crippen LogP contribution in [0.2, 0.25) is 0 Å². The maximum Gasteiger partial charge on any atom is 0.255 e. The molecule has 0 bridgehead atoms. The Bertz CT molecular complexity index is 1350. The molecular weight excluding hydrogens is 524 g/mol. The second-order valence-corrected chi connectivity index (χ2v) is 11.3. The number of aromatic nitrogens is 1. The minimum atomic E-state index is -0.518. The van der Waals surface area contributed by atoms with Crippen LogP contribution in [0.25, 0.3) is 10.4 Å². The molecule has 3 heterocycles. The van der Waals surface area contributed by atoms with Gasteiger partial charge < -0.3 is 24.6 Å². The Kier molecular flexibility index (Phi) is 9.71. The normalized spacial score (nSPS) is 16.9. The molecule has 2 unspecified atom stereocenters. The molecule has 9 heteroatoms. The van der Waals surface area contributed by atoms with Gasteiger partial charge in [0.1, 0.15) is 18.1 Å². The van der Waals surface area contributed by atoms with Gasteiger partial charge in [-0.3, -0.25) is 9.59 Å². The lowest BCUT2D eigenvalue weighted by Gasteiger charge is -2.34. The number of fused-ring (bicyclic) bond motifs is 1. The zero-order valence-electron chi connectivity index (χ0n) is 23.8. The summed E-state index contributed by atoms with van der Waals surface area (Å²) in [6, 6.07) is 12.9. The lowest BCUT2D eigenvalue weighted by Crippen LogP contribution is -2.52. The minimum absolute atomic E-state index is 0.00587. The topological polar surface area (TPSA) is 91.8 Å². The van der Waals surface area contributed by atoms with Gasteiger partial charge in [-0.05, 0) is 56.0 Å². The van der Waals surface area contributed by atoms with Crippen molar-refractivity contribution in [2.75, 3.05) is 20.7 Å². The van der Waals surface area contributed by atoms with Gasteiger partial charge in [-0.2, -0.15) is 0 Å². The summed E-state index contributed by atoms with van der Waals surface area (Å²) in [5.74, 6) is 0.726. The highest BCUT2D eigenvalue weighted by Gasteiger charge is 2.42. The third kappa shape index (κ3) is 6.10. The van der Waals surface area contributed by atoms with Crippen molar-refractivity contribution in [2.24, 2.45) is 5.92 Å². The summed E-state index contributed by atoms with van der Waals surface area (Å²) in [5, 5.41) is 3.13. The van der Waals surface area contributed by atoms with E-state index < -0.39 is 6.04 Å². The number of thiazole rings is 1. The largest absolute Gasteiger partial charge is 0.496 e. The van der Waals surface area contributed by atoms with E-state index in [1.54, 1.807) is 28.2 Å². The van der Waals surface area contributed by atoms with Crippen LogP contribution < -0.4 is 10.1 Å². The maximum absolute atomic E-state index is 13.0. The van der Waals surface area contributed by atoms with E-state index in [0.29, 0.717) is 25.1 Å². The fraction of sp³-hybridized carbons (Fsp3) is 0.419. The van der Waals surface area contributed by atoms with E-state index in [1.165, 1.54) is 16.0 Å². The molecule has 3 aromatic rings. The number of aldehydes is 1. The number of benzene rings is 2. The zero-order chi connectivity index (χ0) is 28.8.